The van der Waals surface area contributed by atoms with E-state index < -0.39 is 11.2 Å². The number of anilines is 2. The van der Waals surface area contributed by atoms with Gasteiger partial charge in [0.2, 0.25) is 5.91 Å². The summed E-state index contributed by atoms with van der Waals surface area (Å²) in [4.78, 5) is 37.1. The lowest BCUT2D eigenvalue weighted by Gasteiger charge is -2.14. The van der Waals surface area contributed by atoms with Crippen LogP contribution in [0, 0.1) is 0 Å². The Morgan fingerprint density at radius 1 is 0.970 bits per heavy atom. The van der Waals surface area contributed by atoms with Gasteiger partial charge in [0.1, 0.15) is 5.75 Å². The van der Waals surface area contributed by atoms with Gasteiger partial charge in [-0.15, -0.1) is 11.8 Å². The highest BCUT2D eigenvalue weighted by molar-refractivity contribution is 8.00. The van der Waals surface area contributed by atoms with E-state index in [2.05, 4.69) is 10.6 Å². The number of aromatic carboxylic acids is 1. The van der Waals surface area contributed by atoms with Gasteiger partial charge in [0.05, 0.1) is 28.6 Å². The maximum absolute atomic E-state index is 12.6. The van der Waals surface area contributed by atoms with E-state index in [4.69, 9.17) is 21.4 Å². The number of carbonyl (C=O) groups is 3. The molecule has 0 aromatic heterocycles. The van der Waals surface area contributed by atoms with Crippen LogP contribution in [-0.2, 0) is 4.79 Å². The maximum Gasteiger partial charge on any atom is 0.335 e. The number of methoxy groups -OCH3 is 1. The Morgan fingerprint density at radius 3 is 2.33 bits per heavy atom. The first kappa shape index (κ1) is 24.2. The average molecular weight is 485 g/mol. The minimum absolute atomic E-state index is 0.0234. The van der Waals surface area contributed by atoms with Crippen molar-refractivity contribution in [2.75, 3.05) is 17.7 Å². The van der Waals surface area contributed by atoms with Crippen LogP contribution in [0.15, 0.2) is 71.6 Å². The highest BCUT2D eigenvalue weighted by Crippen LogP contribution is 2.29. The highest BCUT2D eigenvalue weighted by atomic mass is 35.5. The van der Waals surface area contributed by atoms with Crippen molar-refractivity contribution in [3.63, 3.8) is 0 Å². The van der Waals surface area contributed by atoms with Crippen LogP contribution in [0.3, 0.4) is 0 Å². The lowest BCUT2D eigenvalue weighted by Crippen LogP contribution is -2.22. The van der Waals surface area contributed by atoms with Crippen LogP contribution < -0.4 is 15.4 Å². The highest BCUT2D eigenvalue weighted by Gasteiger charge is 2.17. The molecular weight excluding hydrogens is 464 g/mol. The molecule has 3 aromatic rings. The van der Waals surface area contributed by atoms with Crippen LogP contribution in [0.1, 0.15) is 27.6 Å². The summed E-state index contributed by atoms with van der Waals surface area (Å²) in [6, 6.07) is 18.0. The molecule has 33 heavy (non-hydrogen) atoms. The second-order valence-electron chi connectivity index (χ2n) is 6.96. The fraction of sp³-hybridized carbons (Fsp3) is 0.125. The van der Waals surface area contributed by atoms with Crippen molar-refractivity contribution < 1.29 is 24.2 Å². The number of carboxylic acids is 1. The Bertz CT molecular complexity index is 1180. The fourth-order valence-electron chi connectivity index (χ4n) is 2.84. The van der Waals surface area contributed by atoms with Gasteiger partial charge in [0.25, 0.3) is 5.91 Å². The number of hydrogen-bond donors (Lipinski definition) is 3. The van der Waals surface area contributed by atoms with Crippen molar-refractivity contribution in [2.45, 2.75) is 17.1 Å². The van der Waals surface area contributed by atoms with E-state index in [0.717, 1.165) is 4.90 Å². The summed E-state index contributed by atoms with van der Waals surface area (Å²) in [7, 11) is 1.56. The molecule has 0 aliphatic carbocycles. The van der Waals surface area contributed by atoms with E-state index >= 15 is 0 Å². The van der Waals surface area contributed by atoms with E-state index in [9.17, 15) is 14.4 Å². The molecule has 1 unspecified atom stereocenters. The lowest BCUT2D eigenvalue weighted by atomic mass is 10.2. The number of carboxylic acid groups (broad SMARTS) is 1. The van der Waals surface area contributed by atoms with Crippen molar-refractivity contribution in [1.29, 1.82) is 0 Å². The molecule has 0 aliphatic rings. The van der Waals surface area contributed by atoms with Gasteiger partial charge in [-0.3, -0.25) is 9.59 Å². The molecule has 3 N–H and O–H groups in total. The van der Waals surface area contributed by atoms with Crippen LogP contribution >= 0.6 is 23.4 Å². The summed E-state index contributed by atoms with van der Waals surface area (Å²) in [5.74, 6) is -1.05. The molecule has 0 bridgehead atoms. The van der Waals surface area contributed by atoms with Gasteiger partial charge in [-0.25, -0.2) is 4.79 Å². The first-order valence-electron chi connectivity index (χ1n) is 9.82. The van der Waals surface area contributed by atoms with Crippen molar-refractivity contribution >= 4 is 52.5 Å². The first-order chi connectivity index (χ1) is 15.8. The predicted molar refractivity (Wildman–Crippen MR) is 130 cm³/mol. The average Bonchev–Trinajstić information content (AvgIpc) is 2.80. The molecule has 3 aromatic carbocycles. The van der Waals surface area contributed by atoms with Crippen LogP contribution in [0.25, 0.3) is 0 Å². The molecule has 170 valence electrons. The van der Waals surface area contributed by atoms with Crippen LogP contribution in [0.2, 0.25) is 5.02 Å². The molecule has 0 spiro atoms. The number of amides is 2. The third-order valence-corrected chi connectivity index (χ3v) is 6.02. The molecule has 3 rings (SSSR count). The molecular formula is C24H21ClN2O5S. The van der Waals surface area contributed by atoms with Gasteiger partial charge in [-0.05, 0) is 67.6 Å². The van der Waals surface area contributed by atoms with Gasteiger partial charge < -0.3 is 20.5 Å². The van der Waals surface area contributed by atoms with E-state index in [1.54, 1.807) is 56.5 Å². The number of thioether (sulfide) groups is 1. The third-order valence-electron chi connectivity index (χ3n) is 4.60. The van der Waals surface area contributed by atoms with E-state index in [0.29, 0.717) is 17.0 Å². The van der Waals surface area contributed by atoms with Gasteiger partial charge in [-0.2, -0.15) is 0 Å². The second-order valence-corrected chi connectivity index (χ2v) is 8.78. The van der Waals surface area contributed by atoms with E-state index in [1.165, 1.54) is 30.0 Å². The molecule has 0 fully saturated rings. The lowest BCUT2D eigenvalue weighted by molar-refractivity contribution is -0.115. The van der Waals surface area contributed by atoms with Gasteiger partial charge in [0.15, 0.2) is 0 Å². The molecule has 0 heterocycles. The number of nitrogens with one attached hydrogen (secondary N) is 2. The second kappa shape index (κ2) is 10.9. The number of halogens is 1. The summed E-state index contributed by atoms with van der Waals surface area (Å²) in [6.07, 6.45) is 0. The van der Waals surface area contributed by atoms with Gasteiger partial charge >= 0.3 is 5.97 Å². The summed E-state index contributed by atoms with van der Waals surface area (Å²) >= 11 is 7.37. The smallest absolute Gasteiger partial charge is 0.335 e. The molecule has 9 heteroatoms. The maximum atomic E-state index is 12.6. The number of rotatable bonds is 8. The quantitative estimate of drug-likeness (QED) is 0.369. The SMILES string of the molecule is COc1ccc(C(=O)Nc2cccc(SC(C)C(=O)Nc3cc(C(=O)O)ccc3Cl)c2)cc1. The Kier molecular flexibility index (Phi) is 7.97. The zero-order valence-electron chi connectivity index (χ0n) is 17.8. The molecule has 0 aliphatic heterocycles. The molecule has 1 atom stereocenters. The summed E-state index contributed by atoms with van der Waals surface area (Å²) in [6.45, 7) is 1.72. The van der Waals surface area contributed by atoms with Crippen molar-refractivity contribution in [3.05, 3.63) is 82.9 Å². The van der Waals surface area contributed by atoms with Crippen molar-refractivity contribution in [3.8, 4) is 5.75 Å². The predicted octanol–water partition coefficient (Wildman–Crippen LogP) is 5.42. The molecule has 2 amide bonds. The zero-order valence-corrected chi connectivity index (χ0v) is 19.4. The molecule has 0 radical (unpaired) electrons. The minimum atomic E-state index is -1.11. The van der Waals surface area contributed by atoms with Crippen LogP contribution in [0.5, 0.6) is 5.75 Å². The van der Waals surface area contributed by atoms with Crippen LogP contribution in [0.4, 0.5) is 11.4 Å². The fourth-order valence-corrected chi connectivity index (χ4v) is 3.93. The Hall–Kier alpha value is -3.49. The van der Waals surface area contributed by atoms with Gasteiger partial charge in [-0.1, -0.05) is 17.7 Å². The summed E-state index contributed by atoms with van der Waals surface area (Å²) in [5, 5.41) is 14.4. The minimum Gasteiger partial charge on any atom is -0.497 e. The van der Waals surface area contributed by atoms with Crippen LogP contribution in [-0.4, -0.2) is 35.2 Å². The summed E-state index contributed by atoms with van der Waals surface area (Å²) in [5.41, 5.74) is 1.33. The van der Waals surface area contributed by atoms with E-state index in [-0.39, 0.29) is 28.1 Å². The number of benzene rings is 3. The first-order valence-corrected chi connectivity index (χ1v) is 11.1. The normalized spacial score (nSPS) is 11.4. The zero-order chi connectivity index (χ0) is 24.0. The topological polar surface area (TPSA) is 105 Å². The van der Waals surface area contributed by atoms with E-state index in [1.807, 2.05) is 6.07 Å². The number of carbonyl (C=O) groups excluding carboxylic acids is 2. The Labute approximate surface area is 200 Å². The Morgan fingerprint density at radius 2 is 1.67 bits per heavy atom. The van der Waals surface area contributed by atoms with Crippen molar-refractivity contribution in [2.24, 2.45) is 0 Å². The van der Waals surface area contributed by atoms with Crippen molar-refractivity contribution in [1.82, 2.24) is 0 Å². The third kappa shape index (κ3) is 6.50. The molecule has 7 nitrogen and oxygen atoms in total. The number of hydrogen-bond acceptors (Lipinski definition) is 5. The van der Waals surface area contributed by atoms with Gasteiger partial charge in [0, 0.05) is 16.1 Å². The molecule has 0 saturated heterocycles. The Balaban J connectivity index is 1.64. The standard InChI is InChI=1S/C24H21ClN2O5S/c1-14(22(28)27-21-12-16(24(30)31)8-11-20(21)25)33-19-5-3-4-17(13-19)26-23(29)15-6-9-18(32-2)10-7-15/h3-14H,1-2H3,(H,26,29)(H,27,28)(H,30,31). The monoisotopic (exact) mass is 484 g/mol. The number of ether oxygens (including phenoxy) is 1. The molecule has 0 saturated carbocycles. The summed E-state index contributed by atoms with van der Waals surface area (Å²) < 4.78 is 5.10. The largest absolute Gasteiger partial charge is 0.497 e.